The third-order valence-corrected chi connectivity index (χ3v) is 6.79. The SMILES string of the molecule is COc1cccc(CN/C(C)=C2\C(=O)C=C3Oc4c(C(C)=O)c(O)c(C)c(O)c4[C@]3(C)C2=O)c1OC. The monoisotopic (exact) mass is 493 g/mol. The van der Waals surface area contributed by atoms with Crippen LogP contribution in [0.25, 0.3) is 0 Å². The zero-order chi connectivity index (χ0) is 26.5. The number of carbonyl (C=O) groups excluding carboxylic acids is 3. The number of Topliss-reactive ketones (excluding diaryl/α,β-unsaturated/α-hetero) is 2. The van der Waals surface area contributed by atoms with Gasteiger partial charge in [-0.25, -0.2) is 0 Å². The number of methoxy groups -OCH3 is 2. The van der Waals surface area contributed by atoms with Crippen LogP contribution in [0.15, 0.2) is 41.3 Å². The Kier molecular flexibility index (Phi) is 6.03. The van der Waals surface area contributed by atoms with Crippen LogP contribution in [0.3, 0.4) is 0 Å². The lowest BCUT2D eigenvalue weighted by Gasteiger charge is -2.29. The largest absolute Gasteiger partial charge is 0.507 e. The third kappa shape index (κ3) is 3.42. The minimum Gasteiger partial charge on any atom is -0.507 e. The molecule has 9 nitrogen and oxygen atoms in total. The maximum absolute atomic E-state index is 13.9. The highest BCUT2D eigenvalue weighted by Gasteiger charge is 2.56. The van der Waals surface area contributed by atoms with Crippen molar-refractivity contribution in [1.82, 2.24) is 5.32 Å². The Morgan fingerprint density at radius 1 is 1.11 bits per heavy atom. The van der Waals surface area contributed by atoms with Gasteiger partial charge >= 0.3 is 0 Å². The molecule has 0 saturated carbocycles. The minimum absolute atomic E-state index is 0.0127. The smallest absolute Gasteiger partial charge is 0.194 e. The predicted octanol–water partition coefficient (Wildman–Crippen LogP) is 3.38. The average molecular weight is 494 g/mol. The van der Waals surface area contributed by atoms with Gasteiger partial charge in [0.15, 0.2) is 28.8 Å². The fourth-order valence-corrected chi connectivity index (χ4v) is 4.77. The fourth-order valence-electron chi connectivity index (χ4n) is 4.77. The number of hydrogen-bond donors (Lipinski definition) is 3. The number of ketones is 3. The summed E-state index contributed by atoms with van der Waals surface area (Å²) in [6, 6.07) is 5.38. The number of rotatable bonds is 6. The van der Waals surface area contributed by atoms with Crippen LogP contribution in [-0.4, -0.2) is 41.8 Å². The molecule has 1 aliphatic heterocycles. The summed E-state index contributed by atoms with van der Waals surface area (Å²) in [7, 11) is 3.05. The first-order valence-electron chi connectivity index (χ1n) is 11.2. The Balaban J connectivity index is 1.80. The molecule has 0 aromatic heterocycles. The molecule has 2 aromatic rings. The van der Waals surface area contributed by atoms with Crippen molar-refractivity contribution in [2.24, 2.45) is 0 Å². The Morgan fingerprint density at radius 2 is 1.81 bits per heavy atom. The van der Waals surface area contributed by atoms with Crippen molar-refractivity contribution in [3.8, 4) is 28.7 Å². The maximum Gasteiger partial charge on any atom is 0.194 e. The molecule has 1 atom stereocenters. The molecule has 0 saturated heterocycles. The van der Waals surface area contributed by atoms with Crippen LogP contribution in [0.2, 0.25) is 0 Å². The van der Waals surface area contributed by atoms with E-state index in [4.69, 9.17) is 14.2 Å². The molecule has 2 aromatic carbocycles. The molecule has 3 N–H and O–H groups in total. The molecule has 4 rings (SSSR count). The second-order valence-electron chi connectivity index (χ2n) is 8.89. The van der Waals surface area contributed by atoms with Gasteiger partial charge in [0.25, 0.3) is 0 Å². The number of aromatic hydroxyl groups is 2. The summed E-state index contributed by atoms with van der Waals surface area (Å²) in [6.45, 7) is 6.06. The zero-order valence-electron chi connectivity index (χ0n) is 20.9. The van der Waals surface area contributed by atoms with Gasteiger partial charge in [-0.1, -0.05) is 12.1 Å². The molecule has 9 heteroatoms. The zero-order valence-corrected chi connectivity index (χ0v) is 20.9. The summed E-state index contributed by atoms with van der Waals surface area (Å²) < 4.78 is 16.6. The van der Waals surface area contributed by atoms with Crippen LogP contribution in [0.4, 0.5) is 0 Å². The van der Waals surface area contributed by atoms with Crippen LogP contribution in [-0.2, 0) is 21.5 Å². The summed E-state index contributed by atoms with van der Waals surface area (Å²) in [4.78, 5) is 39.2. The van der Waals surface area contributed by atoms with Crippen molar-refractivity contribution in [1.29, 1.82) is 0 Å². The molecule has 1 heterocycles. The molecule has 0 bridgehead atoms. The lowest BCUT2D eigenvalue weighted by Crippen LogP contribution is -2.41. The number of phenols is 2. The molecule has 0 radical (unpaired) electrons. The molecule has 2 aliphatic rings. The number of nitrogens with one attached hydrogen (secondary N) is 1. The first-order valence-corrected chi connectivity index (χ1v) is 11.2. The number of hydrogen-bond acceptors (Lipinski definition) is 9. The van der Waals surface area contributed by atoms with Crippen molar-refractivity contribution in [3.05, 3.63) is 63.6 Å². The molecule has 36 heavy (non-hydrogen) atoms. The van der Waals surface area contributed by atoms with Gasteiger partial charge in [0, 0.05) is 29.4 Å². The number of benzene rings is 2. The van der Waals surface area contributed by atoms with Gasteiger partial charge in [-0.2, -0.15) is 0 Å². The van der Waals surface area contributed by atoms with E-state index in [2.05, 4.69) is 5.32 Å². The van der Waals surface area contributed by atoms with Crippen LogP contribution in [0.1, 0.15) is 47.8 Å². The van der Waals surface area contributed by atoms with Crippen molar-refractivity contribution in [2.45, 2.75) is 39.7 Å². The Labute approximate surface area is 208 Å². The van der Waals surface area contributed by atoms with Crippen LogP contribution < -0.4 is 19.5 Å². The Morgan fingerprint density at radius 3 is 2.42 bits per heavy atom. The van der Waals surface area contributed by atoms with E-state index in [-0.39, 0.29) is 46.1 Å². The van der Waals surface area contributed by atoms with Gasteiger partial charge in [0.2, 0.25) is 0 Å². The molecule has 188 valence electrons. The highest BCUT2D eigenvalue weighted by molar-refractivity contribution is 6.31. The second-order valence-corrected chi connectivity index (χ2v) is 8.89. The van der Waals surface area contributed by atoms with E-state index in [1.807, 2.05) is 6.07 Å². The fraction of sp³-hybridized carbons (Fsp3) is 0.296. The lowest BCUT2D eigenvalue weighted by molar-refractivity contribution is -0.123. The maximum atomic E-state index is 13.9. The first-order chi connectivity index (χ1) is 17.0. The van der Waals surface area contributed by atoms with Crippen molar-refractivity contribution >= 4 is 17.3 Å². The van der Waals surface area contributed by atoms with E-state index in [1.54, 1.807) is 19.1 Å². The normalized spacial score (nSPS) is 19.7. The standard InChI is InChI=1S/C27H27NO8/c1-12-22(31)20(14(3)29)25-21(23(12)32)27(4)18(36-25)10-16(30)19(26(27)33)13(2)28-11-15-8-7-9-17(34-5)24(15)35-6/h7-10,28,31-32H,11H2,1-6H3/b19-13+/t27-/m1/s1. The number of fused-ring (bicyclic) bond motifs is 3. The summed E-state index contributed by atoms with van der Waals surface area (Å²) in [5.74, 6) is -1.54. The van der Waals surface area contributed by atoms with Gasteiger partial charge in [0.1, 0.15) is 34.0 Å². The van der Waals surface area contributed by atoms with E-state index in [0.717, 1.165) is 5.56 Å². The highest BCUT2D eigenvalue weighted by Crippen LogP contribution is 2.57. The van der Waals surface area contributed by atoms with Crippen LogP contribution >= 0.6 is 0 Å². The summed E-state index contributed by atoms with van der Waals surface area (Å²) in [5, 5.41) is 24.5. The third-order valence-electron chi connectivity index (χ3n) is 6.79. The van der Waals surface area contributed by atoms with Crippen LogP contribution in [0.5, 0.6) is 28.7 Å². The molecule has 0 unspecified atom stereocenters. The van der Waals surface area contributed by atoms with E-state index in [9.17, 15) is 24.6 Å². The molecule has 0 amide bonds. The lowest BCUT2D eigenvalue weighted by atomic mass is 9.70. The van der Waals surface area contributed by atoms with Gasteiger partial charge in [0.05, 0.1) is 25.4 Å². The van der Waals surface area contributed by atoms with Gasteiger partial charge in [-0.05, 0) is 33.8 Å². The van der Waals surface area contributed by atoms with E-state index >= 15 is 0 Å². The van der Waals surface area contributed by atoms with Crippen LogP contribution in [0, 0.1) is 6.92 Å². The number of ether oxygens (including phenoxy) is 3. The molecule has 0 spiro atoms. The summed E-state index contributed by atoms with van der Waals surface area (Å²) in [5.41, 5.74) is -0.661. The minimum atomic E-state index is -1.57. The van der Waals surface area contributed by atoms with Gasteiger partial charge in [-0.15, -0.1) is 0 Å². The molecule has 0 fully saturated rings. The average Bonchev–Trinajstić information content (AvgIpc) is 3.13. The Bertz CT molecular complexity index is 1400. The number of allylic oxidation sites excluding steroid dienone is 4. The van der Waals surface area contributed by atoms with Crippen molar-refractivity contribution < 1.29 is 38.8 Å². The summed E-state index contributed by atoms with van der Waals surface area (Å²) in [6.07, 6.45) is 1.18. The van der Waals surface area contributed by atoms with Crippen molar-refractivity contribution in [2.75, 3.05) is 14.2 Å². The number of phenolic OH excluding ortho intramolecular Hbond substituents is 2. The number of carbonyl (C=O) groups is 3. The first kappa shape index (κ1) is 24.8. The van der Waals surface area contributed by atoms with Gasteiger partial charge < -0.3 is 29.7 Å². The summed E-state index contributed by atoms with van der Waals surface area (Å²) >= 11 is 0. The Hall–Kier alpha value is -4.27. The van der Waals surface area contributed by atoms with E-state index in [1.165, 1.54) is 41.1 Å². The molecular weight excluding hydrogens is 466 g/mol. The predicted molar refractivity (Wildman–Crippen MR) is 130 cm³/mol. The highest BCUT2D eigenvalue weighted by atomic mass is 16.5. The molecular formula is C27H27NO8. The number of para-hydroxylation sites is 1. The van der Waals surface area contributed by atoms with Crippen molar-refractivity contribution in [3.63, 3.8) is 0 Å². The van der Waals surface area contributed by atoms with E-state index < -0.39 is 28.5 Å². The molecule has 1 aliphatic carbocycles. The topological polar surface area (TPSA) is 131 Å². The quantitative estimate of drug-likeness (QED) is 0.315. The van der Waals surface area contributed by atoms with E-state index in [0.29, 0.717) is 17.2 Å². The van der Waals surface area contributed by atoms with Gasteiger partial charge in [-0.3, -0.25) is 14.4 Å². The second kappa shape index (κ2) is 8.75.